The number of rotatable bonds is 7. The molecule has 6 nitrogen and oxygen atoms in total. The molecule has 1 N–H and O–H groups in total. The van der Waals surface area contributed by atoms with Gasteiger partial charge >= 0.3 is 0 Å². The highest BCUT2D eigenvalue weighted by Gasteiger charge is 2.15. The van der Waals surface area contributed by atoms with Gasteiger partial charge in [-0.25, -0.2) is 17.5 Å². The molecule has 0 aliphatic carbocycles. The zero-order valence-corrected chi connectivity index (χ0v) is 15.0. The Morgan fingerprint density at radius 1 is 1.12 bits per heavy atom. The van der Waals surface area contributed by atoms with Crippen molar-refractivity contribution in [2.24, 2.45) is 0 Å². The van der Waals surface area contributed by atoms with E-state index in [-0.39, 0.29) is 36.0 Å². The van der Waals surface area contributed by atoms with Crippen molar-refractivity contribution in [3.05, 3.63) is 71.4 Å². The van der Waals surface area contributed by atoms with E-state index in [1.165, 1.54) is 6.07 Å². The molecule has 0 atom stereocenters. The largest absolute Gasteiger partial charge is 0.339 e. The average molecular weight is 375 g/mol. The average Bonchev–Trinajstić information content (AvgIpc) is 3.06. The van der Waals surface area contributed by atoms with Gasteiger partial charge in [-0.2, -0.15) is 4.98 Å². The number of sulfonamides is 1. The van der Waals surface area contributed by atoms with Crippen LogP contribution in [0, 0.1) is 12.7 Å². The molecular formula is C18H18FN3O3S. The molecule has 0 bridgehead atoms. The molecule has 0 saturated heterocycles. The molecule has 26 heavy (non-hydrogen) atoms. The van der Waals surface area contributed by atoms with E-state index in [4.69, 9.17) is 4.52 Å². The van der Waals surface area contributed by atoms with E-state index >= 15 is 0 Å². The van der Waals surface area contributed by atoms with E-state index in [1.807, 2.05) is 19.1 Å². The second-order valence-electron chi connectivity index (χ2n) is 5.82. The number of hydrogen-bond donors (Lipinski definition) is 1. The fraction of sp³-hybridized carbons (Fsp3) is 0.222. The Labute approximate surface area is 151 Å². The Morgan fingerprint density at radius 2 is 1.85 bits per heavy atom. The van der Waals surface area contributed by atoms with Gasteiger partial charge in [0.1, 0.15) is 5.82 Å². The van der Waals surface area contributed by atoms with Crippen molar-refractivity contribution in [1.82, 2.24) is 14.9 Å². The third-order valence-corrected chi connectivity index (χ3v) is 5.19. The van der Waals surface area contributed by atoms with Gasteiger partial charge in [0.15, 0.2) is 0 Å². The first-order valence-electron chi connectivity index (χ1n) is 8.04. The highest BCUT2D eigenvalue weighted by atomic mass is 32.2. The molecule has 3 rings (SSSR count). The Bertz CT molecular complexity index is 1000. The molecule has 0 unspecified atom stereocenters. The van der Waals surface area contributed by atoms with Crippen LogP contribution in [0.1, 0.15) is 17.0 Å². The fourth-order valence-corrected chi connectivity index (χ4v) is 3.70. The number of hydrogen-bond acceptors (Lipinski definition) is 5. The molecule has 8 heteroatoms. The predicted molar refractivity (Wildman–Crippen MR) is 95.2 cm³/mol. The lowest BCUT2D eigenvalue weighted by molar-refractivity contribution is 0.378. The first-order chi connectivity index (χ1) is 12.4. The quantitative estimate of drug-likeness (QED) is 0.686. The molecule has 2 aromatic carbocycles. The predicted octanol–water partition coefficient (Wildman–Crippen LogP) is 2.85. The van der Waals surface area contributed by atoms with Crippen LogP contribution >= 0.6 is 0 Å². The summed E-state index contributed by atoms with van der Waals surface area (Å²) in [4.78, 5) is 4.11. The van der Waals surface area contributed by atoms with Gasteiger partial charge in [0.2, 0.25) is 21.7 Å². The number of benzene rings is 2. The summed E-state index contributed by atoms with van der Waals surface area (Å²) in [5.41, 5.74) is 1.91. The summed E-state index contributed by atoms with van der Waals surface area (Å²) in [6.45, 7) is 1.99. The van der Waals surface area contributed by atoms with Crippen molar-refractivity contribution >= 4 is 10.0 Å². The fourth-order valence-electron chi connectivity index (χ4n) is 2.45. The van der Waals surface area contributed by atoms with Crippen molar-refractivity contribution < 1.29 is 17.3 Å². The van der Waals surface area contributed by atoms with Gasteiger partial charge in [0.25, 0.3) is 0 Å². The molecule has 0 radical (unpaired) electrons. The van der Waals surface area contributed by atoms with E-state index in [1.54, 1.807) is 30.3 Å². The molecule has 1 heterocycles. The normalized spacial score (nSPS) is 11.6. The van der Waals surface area contributed by atoms with E-state index in [0.717, 1.165) is 11.1 Å². The maximum Gasteiger partial charge on any atom is 0.228 e. The molecular weight excluding hydrogens is 357 g/mol. The first kappa shape index (κ1) is 18.2. The molecule has 0 aliphatic heterocycles. The standard InChI is InChI=1S/C18H18FN3O3S/c1-13-6-2-3-7-14(13)12-26(23,24)20-11-10-17-21-18(22-25-17)15-8-4-5-9-16(15)19/h2-9,20H,10-12H2,1H3. The van der Waals surface area contributed by atoms with Gasteiger partial charge in [-0.15, -0.1) is 0 Å². The molecule has 0 spiro atoms. The second kappa shape index (κ2) is 7.76. The van der Waals surface area contributed by atoms with Crippen LogP contribution in [0.15, 0.2) is 53.1 Å². The van der Waals surface area contributed by atoms with Crippen LogP contribution in [0.3, 0.4) is 0 Å². The summed E-state index contributed by atoms with van der Waals surface area (Å²) in [7, 11) is -3.48. The minimum absolute atomic E-state index is 0.0933. The van der Waals surface area contributed by atoms with Crippen molar-refractivity contribution in [3.63, 3.8) is 0 Å². The molecule has 3 aromatic rings. The minimum atomic E-state index is -3.48. The van der Waals surface area contributed by atoms with Crippen molar-refractivity contribution in [3.8, 4) is 11.4 Å². The summed E-state index contributed by atoms with van der Waals surface area (Å²) in [5.74, 6) is -0.161. The first-order valence-corrected chi connectivity index (χ1v) is 9.69. The second-order valence-corrected chi connectivity index (χ2v) is 7.63. The number of nitrogens with one attached hydrogen (secondary N) is 1. The van der Waals surface area contributed by atoms with E-state index in [2.05, 4.69) is 14.9 Å². The van der Waals surface area contributed by atoms with Crippen molar-refractivity contribution in [2.45, 2.75) is 19.1 Å². The SMILES string of the molecule is Cc1ccccc1CS(=O)(=O)NCCc1nc(-c2ccccc2F)no1. The molecule has 0 saturated carbocycles. The molecule has 0 amide bonds. The summed E-state index contributed by atoms with van der Waals surface area (Å²) < 4.78 is 45.7. The third-order valence-electron chi connectivity index (χ3n) is 3.85. The van der Waals surface area contributed by atoms with E-state index in [0.29, 0.717) is 0 Å². The van der Waals surface area contributed by atoms with Gasteiger partial charge in [0, 0.05) is 13.0 Å². The van der Waals surface area contributed by atoms with Gasteiger partial charge in [0.05, 0.1) is 11.3 Å². The number of aryl methyl sites for hydroxylation is 1. The van der Waals surface area contributed by atoms with E-state index < -0.39 is 15.8 Å². The van der Waals surface area contributed by atoms with Crippen LogP contribution in [-0.2, 0) is 22.2 Å². The monoisotopic (exact) mass is 375 g/mol. The number of halogens is 1. The number of nitrogens with zero attached hydrogens (tertiary/aromatic N) is 2. The van der Waals surface area contributed by atoms with Gasteiger partial charge in [-0.05, 0) is 30.2 Å². The van der Waals surface area contributed by atoms with Crippen LogP contribution in [0.2, 0.25) is 0 Å². The lowest BCUT2D eigenvalue weighted by Gasteiger charge is -2.07. The minimum Gasteiger partial charge on any atom is -0.339 e. The molecule has 0 aliphatic rings. The zero-order valence-electron chi connectivity index (χ0n) is 14.1. The molecule has 0 fully saturated rings. The molecule has 136 valence electrons. The van der Waals surface area contributed by atoms with Crippen LogP contribution in [0.5, 0.6) is 0 Å². The smallest absolute Gasteiger partial charge is 0.228 e. The van der Waals surface area contributed by atoms with Crippen LogP contribution < -0.4 is 4.72 Å². The Morgan fingerprint density at radius 3 is 2.62 bits per heavy atom. The number of aromatic nitrogens is 2. The molecule has 1 aromatic heterocycles. The van der Waals surface area contributed by atoms with E-state index in [9.17, 15) is 12.8 Å². The highest BCUT2D eigenvalue weighted by molar-refractivity contribution is 7.88. The van der Waals surface area contributed by atoms with Crippen molar-refractivity contribution in [2.75, 3.05) is 6.54 Å². The highest BCUT2D eigenvalue weighted by Crippen LogP contribution is 2.19. The van der Waals surface area contributed by atoms with Crippen LogP contribution in [0.4, 0.5) is 4.39 Å². The Kier molecular flexibility index (Phi) is 5.43. The lowest BCUT2D eigenvalue weighted by atomic mass is 10.1. The van der Waals surface area contributed by atoms with Crippen LogP contribution in [0.25, 0.3) is 11.4 Å². The zero-order chi connectivity index (χ0) is 18.6. The van der Waals surface area contributed by atoms with Crippen LogP contribution in [-0.4, -0.2) is 25.1 Å². The maximum absolute atomic E-state index is 13.7. The van der Waals surface area contributed by atoms with Gasteiger partial charge < -0.3 is 4.52 Å². The van der Waals surface area contributed by atoms with Crippen molar-refractivity contribution in [1.29, 1.82) is 0 Å². The maximum atomic E-state index is 13.7. The Hall–Kier alpha value is -2.58. The summed E-state index contributed by atoms with van der Waals surface area (Å²) in [5, 5.41) is 3.74. The topological polar surface area (TPSA) is 85.1 Å². The van der Waals surface area contributed by atoms with Gasteiger partial charge in [-0.1, -0.05) is 41.6 Å². The summed E-state index contributed by atoms with van der Waals surface area (Å²) >= 11 is 0. The summed E-state index contributed by atoms with van der Waals surface area (Å²) in [6, 6.07) is 13.4. The third kappa shape index (κ3) is 4.53. The Balaban J connectivity index is 1.58. The summed E-state index contributed by atoms with van der Waals surface area (Å²) in [6.07, 6.45) is 0.217. The van der Waals surface area contributed by atoms with Gasteiger partial charge in [-0.3, -0.25) is 0 Å². The lowest BCUT2D eigenvalue weighted by Crippen LogP contribution is -2.27.